The number of carbonyl (C=O) groups is 1. The zero-order chi connectivity index (χ0) is 11.1. The molecule has 0 N–H and O–H groups in total. The van der Waals surface area contributed by atoms with Crippen LogP contribution in [-0.4, -0.2) is 19.2 Å². The summed E-state index contributed by atoms with van der Waals surface area (Å²) in [6.07, 6.45) is 0. The third-order valence-corrected chi connectivity index (χ3v) is 1.68. The van der Waals surface area contributed by atoms with Crippen molar-refractivity contribution in [2.75, 3.05) is 13.2 Å². The zero-order valence-electron chi connectivity index (χ0n) is 8.53. The minimum atomic E-state index is -0.408. The lowest BCUT2D eigenvalue weighted by Crippen LogP contribution is -2.12. The molecule has 0 aliphatic rings. The first-order valence-electron chi connectivity index (χ1n) is 4.70. The number of esters is 1. The largest absolute Gasteiger partial charge is 0.464 e. The molecule has 0 bridgehead atoms. The highest BCUT2D eigenvalue weighted by molar-refractivity contribution is 5.70. The van der Waals surface area contributed by atoms with Crippen LogP contribution in [0.1, 0.15) is 12.5 Å². The van der Waals surface area contributed by atoms with Gasteiger partial charge in [-0.3, -0.25) is 0 Å². The summed E-state index contributed by atoms with van der Waals surface area (Å²) in [5, 5.41) is 0. The Morgan fingerprint density at radius 2 is 2.27 bits per heavy atom. The average Bonchev–Trinajstić information content (AvgIpc) is 2.18. The summed E-state index contributed by atoms with van der Waals surface area (Å²) in [4.78, 5) is 10.9. The van der Waals surface area contributed by atoms with Gasteiger partial charge in [-0.05, 0) is 24.6 Å². The molecule has 1 aromatic carbocycles. The molecule has 0 unspecified atom stereocenters. The van der Waals surface area contributed by atoms with Gasteiger partial charge < -0.3 is 9.47 Å². The Kier molecular flexibility index (Phi) is 4.77. The minimum absolute atomic E-state index is 0.107. The number of benzene rings is 1. The van der Waals surface area contributed by atoms with E-state index in [-0.39, 0.29) is 19.0 Å². The van der Waals surface area contributed by atoms with Crippen molar-refractivity contribution in [1.29, 1.82) is 0 Å². The lowest BCUT2D eigenvalue weighted by Gasteiger charge is -2.04. The highest BCUT2D eigenvalue weighted by Gasteiger charge is 2.01. The third-order valence-electron chi connectivity index (χ3n) is 1.68. The fraction of sp³-hybridized carbons (Fsp3) is 0.364. The summed E-state index contributed by atoms with van der Waals surface area (Å²) < 4.78 is 22.4. The van der Waals surface area contributed by atoms with Crippen molar-refractivity contribution in [3.8, 4) is 0 Å². The van der Waals surface area contributed by atoms with Crippen LogP contribution < -0.4 is 0 Å². The first-order chi connectivity index (χ1) is 7.22. The monoisotopic (exact) mass is 212 g/mol. The van der Waals surface area contributed by atoms with Crippen LogP contribution in [0, 0.1) is 5.82 Å². The molecule has 1 rings (SSSR count). The first kappa shape index (κ1) is 11.7. The number of hydrogen-bond acceptors (Lipinski definition) is 3. The molecule has 15 heavy (non-hydrogen) atoms. The molecule has 0 spiro atoms. The van der Waals surface area contributed by atoms with Gasteiger partial charge in [0.15, 0.2) is 0 Å². The number of rotatable bonds is 5. The van der Waals surface area contributed by atoms with Crippen LogP contribution in [0.15, 0.2) is 24.3 Å². The molecule has 0 aliphatic heterocycles. The highest BCUT2D eigenvalue weighted by atomic mass is 19.1. The van der Waals surface area contributed by atoms with Crippen molar-refractivity contribution in [3.05, 3.63) is 35.6 Å². The standard InChI is InChI=1S/C11H13FO3/c1-2-15-11(13)8-14-7-9-4-3-5-10(12)6-9/h3-6H,2,7-8H2,1H3. The van der Waals surface area contributed by atoms with Crippen LogP contribution in [0.25, 0.3) is 0 Å². The maximum atomic E-state index is 12.7. The number of carbonyl (C=O) groups excluding carboxylic acids is 1. The van der Waals surface area contributed by atoms with Crippen LogP contribution in [0.5, 0.6) is 0 Å². The predicted octanol–water partition coefficient (Wildman–Crippen LogP) is 1.91. The van der Waals surface area contributed by atoms with E-state index in [4.69, 9.17) is 4.74 Å². The highest BCUT2D eigenvalue weighted by Crippen LogP contribution is 2.04. The van der Waals surface area contributed by atoms with Crippen LogP contribution in [-0.2, 0) is 20.9 Å². The van der Waals surface area contributed by atoms with E-state index >= 15 is 0 Å². The van der Waals surface area contributed by atoms with Gasteiger partial charge in [0.1, 0.15) is 12.4 Å². The van der Waals surface area contributed by atoms with Gasteiger partial charge in [-0.1, -0.05) is 12.1 Å². The lowest BCUT2D eigenvalue weighted by molar-refractivity contribution is -0.148. The van der Waals surface area contributed by atoms with Crippen LogP contribution in [0.3, 0.4) is 0 Å². The molecule has 0 radical (unpaired) electrons. The maximum Gasteiger partial charge on any atom is 0.332 e. The summed E-state index contributed by atoms with van der Waals surface area (Å²) in [6.45, 7) is 2.16. The Hall–Kier alpha value is -1.42. The van der Waals surface area contributed by atoms with Crippen molar-refractivity contribution in [2.45, 2.75) is 13.5 Å². The summed E-state index contributed by atoms with van der Waals surface area (Å²) in [5.74, 6) is -0.721. The number of halogens is 1. The first-order valence-corrected chi connectivity index (χ1v) is 4.70. The third kappa shape index (κ3) is 4.56. The van der Waals surface area contributed by atoms with Gasteiger partial charge in [-0.2, -0.15) is 0 Å². The Bertz CT molecular complexity index is 325. The second-order valence-electron chi connectivity index (χ2n) is 2.93. The Morgan fingerprint density at radius 1 is 1.47 bits per heavy atom. The fourth-order valence-electron chi connectivity index (χ4n) is 1.08. The molecule has 82 valence electrons. The molecule has 1 aromatic rings. The molecule has 0 fully saturated rings. The molecule has 0 saturated carbocycles. The summed E-state index contributed by atoms with van der Waals surface area (Å²) in [7, 11) is 0. The van der Waals surface area contributed by atoms with E-state index in [0.29, 0.717) is 12.2 Å². The van der Waals surface area contributed by atoms with E-state index in [1.54, 1.807) is 19.1 Å². The second kappa shape index (κ2) is 6.14. The number of ether oxygens (including phenoxy) is 2. The van der Waals surface area contributed by atoms with Crippen molar-refractivity contribution in [1.82, 2.24) is 0 Å². The number of hydrogen-bond donors (Lipinski definition) is 0. The minimum Gasteiger partial charge on any atom is -0.464 e. The summed E-state index contributed by atoms with van der Waals surface area (Å²) in [5.41, 5.74) is 0.694. The van der Waals surface area contributed by atoms with E-state index < -0.39 is 5.97 Å². The van der Waals surface area contributed by atoms with Crippen molar-refractivity contribution < 1.29 is 18.7 Å². The molecule has 0 heterocycles. The Balaban J connectivity index is 2.28. The Labute approximate surface area is 87.8 Å². The molecule has 0 aromatic heterocycles. The average molecular weight is 212 g/mol. The van der Waals surface area contributed by atoms with Crippen molar-refractivity contribution >= 4 is 5.97 Å². The van der Waals surface area contributed by atoms with Crippen LogP contribution >= 0.6 is 0 Å². The normalized spacial score (nSPS) is 10.0. The smallest absolute Gasteiger partial charge is 0.332 e. The SMILES string of the molecule is CCOC(=O)COCc1cccc(F)c1. The van der Waals surface area contributed by atoms with Crippen molar-refractivity contribution in [3.63, 3.8) is 0 Å². The van der Waals surface area contributed by atoms with Gasteiger partial charge >= 0.3 is 5.97 Å². The maximum absolute atomic E-state index is 12.7. The van der Waals surface area contributed by atoms with Gasteiger partial charge in [0.2, 0.25) is 0 Å². The lowest BCUT2D eigenvalue weighted by atomic mass is 10.2. The van der Waals surface area contributed by atoms with Crippen molar-refractivity contribution in [2.24, 2.45) is 0 Å². The molecular weight excluding hydrogens is 199 g/mol. The van der Waals surface area contributed by atoms with Gasteiger partial charge in [-0.15, -0.1) is 0 Å². The van der Waals surface area contributed by atoms with Crippen LogP contribution in [0.2, 0.25) is 0 Å². The molecular formula is C11H13FO3. The van der Waals surface area contributed by atoms with Gasteiger partial charge in [0.25, 0.3) is 0 Å². The van der Waals surface area contributed by atoms with E-state index in [2.05, 4.69) is 4.74 Å². The van der Waals surface area contributed by atoms with E-state index in [0.717, 1.165) is 0 Å². The Morgan fingerprint density at radius 3 is 2.93 bits per heavy atom. The summed E-state index contributed by atoms with van der Waals surface area (Å²) in [6, 6.07) is 6.05. The van der Waals surface area contributed by atoms with Gasteiger partial charge in [0.05, 0.1) is 13.2 Å². The van der Waals surface area contributed by atoms with Crippen LogP contribution in [0.4, 0.5) is 4.39 Å². The van der Waals surface area contributed by atoms with E-state index in [9.17, 15) is 9.18 Å². The molecule has 0 aliphatic carbocycles. The van der Waals surface area contributed by atoms with E-state index in [1.807, 2.05) is 0 Å². The van der Waals surface area contributed by atoms with Gasteiger partial charge in [-0.25, -0.2) is 9.18 Å². The van der Waals surface area contributed by atoms with Gasteiger partial charge in [0, 0.05) is 0 Å². The molecule has 3 nitrogen and oxygen atoms in total. The molecule has 0 atom stereocenters. The second-order valence-corrected chi connectivity index (χ2v) is 2.93. The molecule has 4 heteroatoms. The predicted molar refractivity (Wildman–Crippen MR) is 52.7 cm³/mol. The summed E-state index contributed by atoms with van der Waals surface area (Å²) >= 11 is 0. The topological polar surface area (TPSA) is 35.5 Å². The molecule has 0 amide bonds. The zero-order valence-corrected chi connectivity index (χ0v) is 8.53. The fourth-order valence-corrected chi connectivity index (χ4v) is 1.08. The quantitative estimate of drug-likeness (QED) is 0.699. The molecule has 0 saturated heterocycles. The van der Waals surface area contributed by atoms with E-state index in [1.165, 1.54) is 12.1 Å².